The van der Waals surface area contributed by atoms with Crippen molar-refractivity contribution in [2.75, 3.05) is 23.8 Å². The minimum absolute atomic E-state index is 0.0453. The molecule has 2 N–H and O–H groups in total. The molecule has 1 heterocycles. The number of carbonyl (C=O) groups excluding carboxylic acids is 2. The van der Waals surface area contributed by atoms with Crippen LogP contribution in [0.4, 0.5) is 16.2 Å². The number of hydrogen-bond donors (Lipinski definition) is 2. The van der Waals surface area contributed by atoms with Crippen LogP contribution in [0.1, 0.15) is 12.5 Å². The van der Waals surface area contributed by atoms with E-state index in [1.165, 1.54) is 6.92 Å². The fourth-order valence-corrected chi connectivity index (χ4v) is 2.68. The molecule has 7 nitrogen and oxygen atoms in total. The van der Waals surface area contributed by atoms with E-state index in [-0.39, 0.29) is 11.9 Å². The number of amides is 3. The molecule has 0 spiro atoms. The third kappa shape index (κ3) is 4.97. The molecular weight excluding hydrogens is 354 g/mol. The van der Waals surface area contributed by atoms with Crippen LogP contribution in [0.15, 0.2) is 67.0 Å². The van der Waals surface area contributed by atoms with E-state index in [1.54, 1.807) is 47.1 Å². The van der Waals surface area contributed by atoms with Gasteiger partial charge in [-0.05, 0) is 54.4 Å². The van der Waals surface area contributed by atoms with Crippen molar-refractivity contribution in [3.8, 4) is 5.69 Å². The van der Waals surface area contributed by atoms with Crippen LogP contribution in [0.2, 0.25) is 0 Å². The predicted molar refractivity (Wildman–Crippen MR) is 110 cm³/mol. The zero-order valence-electron chi connectivity index (χ0n) is 15.9. The summed E-state index contributed by atoms with van der Waals surface area (Å²) in [4.78, 5) is 24.9. The van der Waals surface area contributed by atoms with Gasteiger partial charge in [-0.3, -0.25) is 4.79 Å². The molecule has 0 saturated carbocycles. The lowest BCUT2D eigenvalue weighted by Gasteiger charge is -2.15. The van der Waals surface area contributed by atoms with E-state index < -0.39 is 0 Å². The number of urea groups is 1. The van der Waals surface area contributed by atoms with E-state index in [1.807, 2.05) is 36.5 Å². The molecule has 144 valence electrons. The highest BCUT2D eigenvalue weighted by Gasteiger charge is 2.06. The van der Waals surface area contributed by atoms with E-state index >= 15 is 0 Å². The first-order chi connectivity index (χ1) is 13.5. The Kier molecular flexibility index (Phi) is 6.06. The second kappa shape index (κ2) is 8.85. The third-order valence-electron chi connectivity index (χ3n) is 4.39. The number of anilines is 2. The normalized spacial score (nSPS) is 10.4. The average molecular weight is 377 g/mol. The van der Waals surface area contributed by atoms with Crippen LogP contribution in [0.5, 0.6) is 0 Å². The molecule has 0 fully saturated rings. The van der Waals surface area contributed by atoms with Gasteiger partial charge in [0.25, 0.3) is 0 Å². The van der Waals surface area contributed by atoms with Crippen molar-refractivity contribution in [1.29, 1.82) is 0 Å². The van der Waals surface area contributed by atoms with E-state index in [4.69, 9.17) is 0 Å². The van der Waals surface area contributed by atoms with Crippen molar-refractivity contribution in [3.05, 3.63) is 72.6 Å². The van der Waals surface area contributed by atoms with Gasteiger partial charge in [-0.1, -0.05) is 12.1 Å². The molecule has 0 radical (unpaired) electrons. The molecular formula is C21H23N5O2. The summed E-state index contributed by atoms with van der Waals surface area (Å²) in [6, 6.07) is 16.8. The number of hydrogen-bond acceptors (Lipinski definition) is 3. The zero-order valence-corrected chi connectivity index (χ0v) is 15.9. The highest BCUT2D eigenvalue weighted by atomic mass is 16.2. The lowest BCUT2D eigenvalue weighted by atomic mass is 10.1. The maximum atomic E-state index is 12.0. The Morgan fingerprint density at radius 2 is 1.79 bits per heavy atom. The minimum atomic E-state index is -0.263. The standard InChI is InChI=1S/C21H23N5O2/c1-16(27)25(2)19-10-6-18(7-11-19)24-21(28)22-14-12-17-4-8-20(9-5-17)26-15-3-13-23-26/h3-11,13,15H,12,14H2,1-2H3,(H2,22,24,28). The molecule has 0 aliphatic carbocycles. The van der Waals surface area contributed by atoms with Crippen molar-refractivity contribution >= 4 is 23.3 Å². The summed E-state index contributed by atoms with van der Waals surface area (Å²) in [5.41, 5.74) is 3.57. The van der Waals surface area contributed by atoms with Crippen LogP contribution in [0, 0.1) is 0 Å². The van der Waals surface area contributed by atoms with Crippen LogP contribution < -0.4 is 15.5 Å². The van der Waals surface area contributed by atoms with Gasteiger partial charge in [0.1, 0.15) is 0 Å². The molecule has 0 atom stereocenters. The predicted octanol–water partition coefficient (Wildman–Crippen LogP) is 3.22. The van der Waals surface area contributed by atoms with Gasteiger partial charge in [0.2, 0.25) is 5.91 Å². The van der Waals surface area contributed by atoms with Gasteiger partial charge in [0.15, 0.2) is 0 Å². The fourth-order valence-electron chi connectivity index (χ4n) is 2.68. The summed E-state index contributed by atoms with van der Waals surface area (Å²) in [6.45, 7) is 2.03. The zero-order chi connectivity index (χ0) is 19.9. The van der Waals surface area contributed by atoms with E-state index in [9.17, 15) is 9.59 Å². The first-order valence-electron chi connectivity index (χ1n) is 9.01. The van der Waals surface area contributed by atoms with Crippen molar-refractivity contribution < 1.29 is 9.59 Å². The Hall–Kier alpha value is -3.61. The minimum Gasteiger partial charge on any atom is -0.338 e. The number of nitrogens with zero attached hydrogens (tertiary/aromatic N) is 3. The maximum absolute atomic E-state index is 12.0. The SMILES string of the molecule is CC(=O)N(C)c1ccc(NC(=O)NCCc2ccc(-n3cccn3)cc2)cc1. The number of nitrogens with one attached hydrogen (secondary N) is 2. The van der Waals surface area contributed by atoms with Gasteiger partial charge in [0.05, 0.1) is 5.69 Å². The molecule has 0 aliphatic heterocycles. The van der Waals surface area contributed by atoms with Gasteiger partial charge in [-0.2, -0.15) is 5.10 Å². The molecule has 1 aromatic heterocycles. The van der Waals surface area contributed by atoms with Crippen LogP contribution in [0.25, 0.3) is 5.69 Å². The van der Waals surface area contributed by atoms with Crippen LogP contribution in [-0.4, -0.2) is 35.3 Å². The summed E-state index contributed by atoms with van der Waals surface area (Å²) >= 11 is 0. The highest BCUT2D eigenvalue weighted by Crippen LogP contribution is 2.16. The smallest absolute Gasteiger partial charge is 0.319 e. The van der Waals surface area contributed by atoms with Crippen LogP contribution >= 0.6 is 0 Å². The highest BCUT2D eigenvalue weighted by molar-refractivity contribution is 5.92. The van der Waals surface area contributed by atoms with Gasteiger partial charge in [0, 0.05) is 44.3 Å². The lowest BCUT2D eigenvalue weighted by molar-refractivity contribution is -0.116. The molecule has 0 saturated heterocycles. The summed E-state index contributed by atoms with van der Waals surface area (Å²) < 4.78 is 1.80. The molecule has 0 unspecified atom stereocenters. The Bertz CT molecular complexity index is 918. The summed E-state index contributed by atoms with van der Waals surface area (Å²) in [6.07, 6.45) is 4.37. The molecule has 3 amide bonds. The molecule has 7 heteroatoms. The fraction of sp³-hybridized carbons (Fsp3) is 0.190. The van der Waals surface area contributed by atoms with Crippen molar-refractivity contribution in [2.24, 2.45) is 0 Å². The first-order valence-corrected chi connectivity index (χ1v) is 9.01. The molecule has 2 aromatic carbocycles. The Labute approximate surface area is 164 Å². The second-order valence-corrected chi connectivity index (χ2v) is 6.37. The van der Waals surface area contributed by atoms with Crippen LogP contribution in [-0.2, 0) is 11.2 Å². The Morgan fingerprint density at radius 3 is 2.39 bits per heavy atom. The van der Waals surface area contributed by atoms with Gasteiger partial charge in [-0.15, -0.1) is 0 Å². The average Bonchev–Trinajstić information content (AvgIpc) is 3.23. The quantitative estimate of drug-likeness (QED) is 0.692. The summed E-state index contributed by atoms with van der Waals surface area (Å²) in [5, 5.41) is 9.83. The Balaban J connectivity index is 1.45. The summed E-state index contributed by atoms with van der Waals surface area (Å²) in [5.74, 6) is -0.0453. The molecule has 28 heavy (non-hydrogen) atoms. The Morgan fingerprint density at radius 1 is 1.07 bits per heavy atom. The van der Waals surface area contributed by atoms with E-state index in [0.29, 0.717) is 12.2 Å². The number of rotatable bonds is 6. The van der Waals surface area contributed by atoms with Crippen LogP contribution in [0.3, 0.4) is 0 Å². The second-order valence-electron chi connectivity index (χ2n) is 6.37. The maximum Gasteiger partial charge on any atom is 0.319 e. The molecule has 0 aliphatic rings. The van der Waals surface area contributed by atoms with E-state index in [2.05, 4.69) is 15.7 Å². The topological polar surface area (TPSA) is 79.3 Å². The number of aromatic nitrogens is 2. The van der Waals surface area contributed by atoms with Crippen molar-refractivity contribution in [3.63, 3.8) is 0 Å². The summed E-state index contributed by atoms with van der Waals surface area (Å²) in [7, 11) is 1.71. The monoisotopic (exact) mass is 377 g/mol. The molecule has 0 bridgehead atoms. The number of carbonyl (C=O) groups is 2. The van der Waals surface area contributed by atoms with E-state index in [0.717, 1.165) is 23.4 Å². The first kappa shape index (κ1) is 19.2. The number of benzene rings is 2. The molecule has 3 aromatic rings. The van der Waals surface area contributed by atoms with Gasteiger partial charge in [-0.25, -0.2) is 9.48 Å². The van der Waals surface area contributed by atoms with Gasteiger partial charge >= 0.3 is 6.03 Å². The molecule has 3 rings (SSSR count). The van der Waals surface area contributed by atoms with Gasteiger partial charge < -0.3 is 15.5 Å². The third-order valence-corrected chi connectivity index (χ3v) is 4.39. The van der Waals surface area contributed by atoms with Crippen molar-refractivity contribution in [2.45, 2.75) is 13.3 Å². The lowest BCUT2D eigenvalue weighted by Crippen LogP contribution is -2.30. The largest absolute Gasteiger partial charge is 0.338 e. The van der Waals surface area contributed by atoms with Crippen molar-refractivity contribution in [1.82, 2.24) is 15.1 Å².